The zero-order chi connectivity index (χ0) is 9.68. The van der Waals surface area contributed by atoms with Crippen LogP contribution >= 0.6 is 15.9 Å². The fourth-order valence-corrected chi connectivity index (χ4v) is 1.65. The van der Waals surface area contributed by atoms with E-state index in [1.54, 1.807) is 0 Å². The average Bonchev–Trinajstić information content (AvgIpc) is 2.15. The third-order valence-corrected chi connectivity index (χ3v) is 2.41. The van der Waals surface area contributed by atoms with Crippen LogP contribution in [-0.2, 0) is 17.8 Å². The Balaban J connectivity index is 2.87. The van der Waals surface area contributed by atoms with Crippen LogP contribution in [0.5, 0.6) is 0 Å². The summed E-state index contributed by atoms with van der Waals surface area (Å²) in [6.45, 7) is 0.529. The van der Waals surface area contributed by atoms with E-state index < -0.39 is 0 Å². The van der Waals surface area contributed by atoms with Crippen LogP contribution in [0.4, 0.5) is 0 Å². The minimum absolute atomic E-state index is 0.529. The van der Waals surface area contributed by atoms with Gasteiger partial charge in [-0.2, -0.15) is 0 Å². The Bertz CT molecular complexity index is 299. The fraction of sp³-hybridized carbons (Fsp3) is 0.300. The molecule has 2 nitrogen and oxygen atoms in total. The number of aryl methyl sites for hydroxylation is 1. The van der Waals surface area contributed by atoms with Crippen molar-refractivity contribution < 1.29 is 4.79 Å². The number of rotatable bonds is 4. The van der Waals surface area contributed by atoms with Gasteiger partial charge in [-0.15, -0.1) is 0 Å². The minimum atomic E-state index is 0.529. The lowest BCUT2D eigenvalue weighted by atomic mass is 10.0. The van der Waals surface area contributed by atoms with Crippen molar-refractivity contribution in [1.82, 2.24) is 0 Å². The molecule has 0 unspecified atom stereocenters. The summed E-state index contributed by atoms with van der Waals surface area (Å²) in [5, 5.41) is 0. The molecule has 1 rings (SSSR count). The maximum absolute atomic E-state index is 10.2. The van der Waals surface area contributed by atoms with E-state index in [1.807, 2.05) is 18.2 Å². The second-order valence-corrected chi connectivity index (χ2v) is 3.74. The number of nitrogens with two attached hydrogens (primary N) is 1. The van der Waals surface area contributed by atoms with E-state index in [1.165, 1.54) is 0 Å². The molecule has 0 heterocycles. The van der Waals surface area contributed by atoms with Gasteiger partial charge in [-0.1, -0.05) is 22.0 Å². The Morgan fingerprint density at radius 1 is 1.38 bits per heavy atom. The first-order valence-electron chi connectivity index (χ1n) is 4.19. The summed E-state index contributed by atoms with van der Waals surface area (Å²) in [6, 6.07) is 5.97. The maximum Gasteiger partial charge on any atom is 0.120 e. The standard InChI is InChI=1S/C10H12BrNO/c11-10-4-3-9(7-12)8(6-10)2-1-5-13/h3-6H,1-2,7,12H2. The molecule has 13 heavy (non-hydrogen) atoms. The summed E-state index contributed by atoms with van der Waals surface area (Å²) in [7, 11) is 0. The first kappa shape index (κ1) is 10.4. The lowest BCUT2D eigenvalue weighted by molar-refractivity contribution is -0.107. The fourth-order valence-electron chi connectivity index (χ4n) is 1.24. The lowest BCUT2D eigenvalue weighted by Gasteiger charge is -2.06. The highest BCUT2D eigenvalue weighted by molar-refractivity contribution is 9.10. The molecule has 0 aliphatic rings. The summed E-state index contributed by atoms with van der Waals surface area (Å²) in [5.41, 5.74) is 7.84. The predicted octanol–water partition coefficient (Wildman–Crippen LogP) is 2.04. The SMILES string of the molecule is NCc1ccc(Br)cc1CCC=O. The van der Waals surface area contributed by atoms with E-state index in [-0.39, 0.29) is 0 Å². The second-order valence-electron chi connectivity index (χ2n) is 2.82. The second kappa shape index (κ2) is 5.14. The zero-order valence-corrected chi connectivity index (χ0v) is 8.88. The van der Waals surface area contributed by atoms with Gasteiger partial charge in [-0.3, -0.25) is 0 Å². The molecule has 0 atom stereocenters. The van der Waals surface area contributed by atoms with Gasteiger partial charge in [0.1, 0.15) is 6.29 Å². The van der Waals surface area contributed by atoms with Crippen LogP contribution in [-0.4, -0.2) is 6.29 Å². The summed E-state index contributed by atoms with van der Waals surface area (Å²) in [5.74, 6) is 0. The van der Waals surface area contributed by atoms with Gasteiger partial charge in [0.15, 0.2) is 0 Å². The molecule has 0 aliphatic carbocycles. The molecule has 1 aromatic carbocycles. The van der Waals surface area contributed by atoms with Gasteiger partial charge in [0.25, 0.3) is 0 Å². The van der Waals surface area contributed by atoms with Crippen LogP contribution < -0.4 is 5.73 Å². The van der Waals surface area contributed by atoms with Crippen molar-refractivity contribution >= 4 is 22.2 Å². The zero-order valence-electron chi connectivity index (χ0n) is 7.29. The molecule has 0 amide bonds. The number of hydrogen-bond donors (Lipinski definition) is 1. The van der Waals surface area contributed by atoms with Crippen LogP contribution in [0.3, 0.4) is 0 Å². The molecule has 0 fully saturated rings. The van der Waals surface area contributed by atoms with E-state index in [0.717, 1.165) is 28.3 Å². The van der Waals surface area contributed by atoms with E-state index in [0.29, 0.717) is 13.0 Å². The largest absolute Gasteiger partial charge is 0.326 e. The molecule has 2 N–H and O–H groups in total. The Labute approximate surface area is 86.3 Å². The average molecular weight is 242 g/mol. The Kier molecular flexibility index (Phi) is 4.12. The topological polar surface area (TPSA) is 43.1 Å². The molecule has 3 heteroatoms. The quantitative estimate of drug-likeness (QED) is 0.821. The molecule has 0 saturated carbocycles. The van der Waals surface area contributed by atoms with Crippen LogP contribution in [0.25, 0.3) is 0 Å². The summed E-state index contributed by atoms with van der Waals surface area (Å²) in [6.07, 6.45) is 2.26. The predicted molar refractivity (Wildman–Crippen MR) is 56.4 cm³/mol. The van der Waals surface area contributed by atoms with Crippen LogP contribution in [0, 0.1) is 0 Å². The number of carbonyl (C=O) groups is 1. The van der Waals surface area contributed by atoms with Crippen molar-refractivity contribution in [3.05, 3.63) is 33.8 Å². The van der Waals surface area contributed by atoms with Gasteiger partial charge in [0.05, 0.1) is 0 Å². The van der Waals surface area contributed by atoms with Crippen LogP contribution in [0.15, 0.2) is 22.7 Å². The van der Waals surface area contributed by atoms with Crippen molar-refractivity contribution in [3.63, 3.8) is 0 Å². The first-order valence-corrected chi connectivity index (χ1v) is 4.98. The molecular weight excluding hydrogens is 230 g/mol. The van der Waals surface area contributed by atoms with Crippen molar-refractivity contribution in [1.29, 1.82) is 0 Å². The normalized spacial score (nSPS) is 10.0. The monoisotopic (exact) mass is 241 g/mol. The van der Waals surface area contributed by atoms with Gasteiger partial charge >= 0.3 is 0 Å². The highest BCUT2D eigenvalue weighted by Gasteiger charge is 2.00. The van der Waals surface area contributed by atoms with Gasteiger partial charge in [0, 0.05) is 17.4 Å². The Morgan fingerprint density at radius 2 is 2.15 bits per heavy atom. The van der Waals surface area contributed by atoms with Gasteiger partial charge < -0.3 is 10.5 Å². The number of aldehydes is 1. The molecule has 0 bridgehead atoms. The molecule has 0 radical (unpaired) electrons. The summed E-state index contributed by atoms with van der Waals surface area (Å²) < 4.78 is 1.03. The van der Waals surface area contributed by atoms with Crippen molar-refractivity contribution in [2.75, 3.05) is 0 Å². The lowest BCUT2D eigenvalue weighted by Crippen LogP contribution is -2.01. The van der Waals surface area contributed by atoms with E-state index in [9.17, 15) is 4.79 Å². The van der Waals surface area contributed by atoms with E-state index in [4.69, 9.17) is 5.73 Å². The number of hydrogen-bond acceptors (Lipinski definition) is 2. The summed E-state index contributed by atoms with van der Waals surface area (Å²) in [4.78, 5) is 10.2. The molecule has 1 aromatic rings. The molecule has 0 spiro atoms. The van der Waals surface area contributed by atoms with Crippen molar-refractivity contribution in [2.24, 2.45) is 5.73 Å². The van der Waals surface area contributed by atoms with Crippen LogP contribution in [0.2, 0.25) is 0 Å². The number of benzene rings is 1. The third kappa shape index (κ3) is 2.94. The number of carbonyl (C=O) groups excluding carboxylic acids is 1. The van der Waals surface area contributed by atoms with Crippen molar-refractivity contribution in [2.45, 2.75) is 19.4 Å². The minimum Gasteiger partial charge on any atom is -0.326 e. The summed E-state index contributed by atoms with van der Waals surface area (Å²) >= 11 is 3.39. The Hall–Kier alpha value is -0.670. The van der Waals surface area contributed by atoms with Crippen molar-refractivity contribution in [3.8, 4) is 0 Å². The first-order chi connectivity index (χ1) is 6.27. The van der Waals surface area contributed by atoms with Crippen LogP contribution in [0.1, 0.15) is 17.5 Å². The molecule has 0 saturated heterocycles. The van der Waals surface area contributed by atoms with E-state index in [2.05, 4.69) is 15.9 Å². The highest BCUT2D eigenvalue weighted by atomic mass is 79.9. The highest BCUT2D eigenvalue weighted by Crippen LogP contribution is 2.17. The number of halogens is 1. The Morgan fingerprint density at radius 3 is 2.77 bits per heavy atom. The molecule has 70 valence electrons. The van der Waals surface area contributed by atoms with E-state index >= 15 is 0 Å². The maximum atomic E-state index is 10.2. The third-order valence-electron chi connectivity index (χ3n) is 1.92. The molecule has 0 aliphatic heterocycles. The van der Waals surface area contributed by atoms with Gasteiger partial charge in [-0.25, -0.2) is 0 Å². The molecule has 0 aromatic heterocycles. The molecular formula is C10H12BrNO. The van der Waals surface area contributed by atoms with Gasteiger partial charge in [0.2, 0.25) is 0 Å². The smallest absolute Gasteiger partial charge is 0.120 e. The van der Waals surface area contributed by atoms with Gasteiger partial charge in [-0.05, 0) is 29.7 Å².